The third-order valence-electron chi connectivity index (χ3n) is 3.50. The third kappa shape index (κ3) is 2.17. The second-order valence-corrected chi connectivity index (χ2v) is 5.52. The Balaban J connectivity index is 1.95. The van der Waals surface area contributed by atoms with Crippen LogP contribution in [0.5, 0.6) is 0 Å². The summed E-state index contributed by atoms with van der Waals surface area (Å²) >= 11 is 5.96. The molecular weight excluding hydrogens is 246 g/mol. The van der Waals surface area contributed by atoms with E-state index in [4.69, 9.17) is 16.0 Å². The van der Waals surface area contributed by atoms with E-state index in [1.807, 2.05) is 6.92 Å². The van der Waals surface area contributed by atoms with Gasteiger partial charge in [0.2, 0.25) is 5.89 Å². The summed E-state index contributed by atoms with van der Waals surface area (Å²) in [6, 6.07) is 6.57. The number of alkyl halides is 1. The van der Waals surface area contributed by atoms with Crippen molar-refractivity contribution in [3.63, 3.8) is 0 Å². The highest BCUT2D eigenvalue weighted by atomic mass is 35.5. The highest BCUT2D eigenvalue weighted by Gasteiger charge is 2.14. The van der Waals surface area contributed by atoms with E-state index in [1.165, 1.54) is 36.8 Å². The van der Waals surface area contributed by atoms with Crippen molar-refractivity contribution in [2.45, 2.75) is 38.0 Å². The van der Waals surface area contributed by atoms with E-state index in [0.29, 0.717) is 5.89 Å². The lowest BCUT2D eigenvalue weighted by Gasteiger charge is -2.15. The molecule has 1 aromatic heterocycles. The number of hydrogen-bond acceptors (Lipinski definition) is 2. The Morgan fingerprint density at radius 3 is 2.72 bits per heavy atom. The van der Waals surface area contributed by atoms with Crippen molar-refractivity contribution < 1.29 is 4.42 Å². The fraction of sp³-hybridized carbons (Fsp3) is 0.400. The van der Waals surface area contributed by atoms with Crippen molar-refractivity contribution in [2.75, 3.05) is 0 Å². The molecule has 0 saturated heterocycles. The predicted octanol–water partition coefficient (Wildman–Crippen LogP) is 4.52. The number of fused-ring (bicyclic) bond motifs is 1. The second kappa shape index (κ2) is 4.77. The van der Waals surface area contributed by atoms with E-state index >= 15 is 0 Å². The maximum Gasteiger partial charge on any atom is 0.212 e. The second-order valence-electron chi connectivity index (χ2n) is 4.87. The normalized spacial score (nSPS) is 16.3. The van der Waals surface area contributed by atoms with Crippen molar-refractivity contribution in [3.8, 4) is 11.3 Å². The smallest absolute Gasteiger partial charge is 0.212 e. The van der Waals surface area contributed by atoms with Crippen molar-refractivity contribution in [1.82, 2.24) is 4.98 Å². The monoisotopic (exact) mass is 261 g/mol. The van der Waals surface area contributed by atoms with Gasteiger partial charge in [0.25, 0.3) is 0 Å². The minimum absolute atomic E-state index is 0.184. The molecule has 0 radical (unpaired) electrons. The zero-order chi connectivity index (χ0) is 12.5. The Morgan fingerprint density at radius 2 is 2.00 bits per heavy atom. The number of aryl methyl sites for hydroxylation is 2. The SMILES string of the molecule is C[C@H](Cl)c1ncc(-c2ccc3c(c2)CCCC3)o1. The van der Waals surface area contributed by atoms with Crippen molar-refractivity contribution >= 4 is 11.6 Å². The summed E-state index contributed by atoms with van der Waals surface area (Å²) in [4.78, 5) is 4.21. The van der Waals surface area contributed by atoms with Crippen molar-refractivity contribution in [3.05, 3.63) is 41.4 Å². The molecule has 0 spiro atoms. The molecule has 2 aromatic rings. The van der Waals surface area contributed by atoms with Gasteiger partial charge in [-0.25, -0.2) is 4.98 Å². The van der Waals surface area contributed by atoms with Gasteiger partial charge in [0.1, 0.15) is 5.38 Å². The molecule has 3 heteroatoms. The largest absolute Gasteiger partial charge is 0.439 e. The van der Waals surface area contributed by atoms with Crippen LogP contribution in [0.15, 0.2) is 28.8 Å². The first-order valence-corrected chi connectivity index (χ1v) is 6.89. The molecule has 0 aliphatic heterocycles. The van der Waals surface area contributed by atoms with Crippen LogP contribution in [-0.2, 0) is 12.8 Å². The number of hydrogen-bond donors (Lipinski definition) is 0. The first kappa shape index (κ1) is 11.8. The van der Waals surface area contributed by atoms with Gasteiger partial charge in [-0.3, -0.25) is 0 Å². The van der Waals surface area contributed by atoms with E-state index in [0.717, 1.165) is 11.3 Å². The maximum atomic E-state index is 5.96. The van der Waals surface area contributed by atoms with Gasteiger partial charge >= 0.3 is 0 Å². The lowest BCUT2D eigenvalue weighted by Crippen LogP contribution is -2.02. The molecule has 0 saturated carbocycles. The molecule has 0 amide bonds. The molecule has 0 unspecified atom stereocenters. The molecule has 18 heavy (non-hydrogen) atoms. The van der Waals surface area contributed by atoms with Crippen LogP contribution >= 0.6 is 11.6 Å². The Hall–Kier alpha value is -1.28. The van der Waals surface area contributed by atoms with Crippen LogP contribution in [0.3, 0.4) is 0 Å². The van der Waals surface area contributed by atoms with E-state index in [-0.39, 0.29) is 5.38 Å². The molecule has 3 rings (SSSR count). The number of aromatic nitrogens is 1. The lowest BCUT2D eigenvalue weighted by atomic mass is 9.90. The summed E-state index contributed by atoms with van der Waals surface area (Å²) in [6.07, 6.45) is 6.74. The van der Waals surface area contributed by atoms with Gasteiger partial charge < -0.3 is 4.42 Å². The van der Waals surface area contributed by atoms with Crippen LogP contribution < -0.4 is 0 Å². The van der Waals surface area contributed by atoms with E-state index in [1.54, 1.807) is 6.20 Å². The highest BCUT2D eigenvalue weighted by molar-refractivity contribution is 6.20. The molecule has 1 atom stereocenters. The molecule has 0 bridgehead atoms. The maximum absolute atomic E-state index is 5.96. The molecule has 0 fully saturated rings. The topological polar surface area (TPSA) is 26.0 Å². The van der Waals surface area contributed by atoms with Crippen LogP contribution in [0.4, 0.5) is 0 Å². The third-order valence-corrected chi connectivity index (χ3v) is 3.68. The van der Waals surface area contributed by atoms with Crippen molar-refractivity contribution in [2.24, 2.45) is 0 Å². The Bertz CT molecular complexity index is 559. The van der Waals surface area contributed by atoms with Gasteiger partial charge in [-0.1, -0.05) is 12.1 Å². The lowest BCUT2D eigenvalue weighted by molar-refractivity contribution is 0.508. The summed E-state index contributed by atoms with van der Waals surface area (Å²) in [7, 11) is 0. The summed E-state index contributed by atoms with van der Waals surface area (Å²) < 4.78 is 5.68. The number of benzene rings is 1. The molecule has 1 aromatic carbocycles. The molecule has 94 valence electrons. The van der Waals surface area contributed by atoms with Crippen molar-refractivity contribution in [1.29, 1.82) is 0 Å². The Morgan fingerprint density at radius 1 is 1.22 bits per heavy atom. The number of rotatable bonds is 2. The van der Waals surface area contributed by atoms with Crippen LogP contribution in [0.1, 0.15) is 42.2 Å². The van der Waals surface area contributed by atoms with Crippen LogP contribution in [0, 0.1) is 0 Å². The van der Waals surface area contributed by atoms with E-state index in [9.17, 15) is 0 Å². The highest BCUT2D eigenvalue weighted by Crippen LogP contribution is 2.29. The van der Waals surface area contributed by atoms with Gasteiger partial charge in [0, 0.05) is 5.56 Å². The predicted molar refractivity (Wildman–Crippen MR) is 72.8 cm³/mol. The van der Waals surface area contributed by atoms with Crippen LogP contribution in [0.25, 0.3) is 11.3 Å². The molecule has 1 aliphatic rings. The zero-order valence-corrected chi connectivity index (χ0v) is 11.2. The molecule has 1 heterocycles. The van der Waals surface area contributed by atoms with Crippen LogP contribution in [-0.4, -0.2) is 4.98 Å². The molecule has 0 N–H and O–H groups in total. The molecule has 2 nitrogen and oxygen atoms in total. The number of oxazole rings is 1. The average molecular weight is 262 g/mol. The molecule has 1 aliphatic carbocycles. The van der Waals surface area contributed by atoms with Gasteiger partial charge in [-0.05, 0) is 49.8 Å². The van der Waals surface area contributed by atoms with Gasteiger partial charge in [-0.2, -0.15) is 0 Å². The minimum Gasteiger partial charge on any atom is -0.439 e. The van der Waals surface area contributed by atoms with Gasteiger partial charge in [0.15, 0.2) is 5.76 Å². The fourth-order valence-corrected chi connectivity index (χ4v) is 2.59. The molecular formula is C15H16ClNO. The van der Waals surface area contributed by atoms with Gasteiger partial charge in [-0.15, -0.1) is 11.6 Å². The van der Waals surface area contributed by atoms with Gasteiger partial charge in [0.05, 0.1) is 6.20 Å². The summed E-state index contributed by atoms with van der Waals surface area (Å²) in [5.41, 5.74) is 4.04. The standard InChI is InChI=1S/C15H16ClNO/c1-10(16)15-17-9-14(18-15)13-7-6-11-4-2-3-5-12(11)8-13/h6-10H,2-5H2,1H3/t10-/m0/s1. The summed E-state index contributed by atoms with van der Waals surface area (Å²) in [5, 5.41) is -0.184. The summed E-state index contributed by atoms with van der Waals surface area (Å²) in [6.45, 7) is 1.87. The zero-order valence-electron chi connectivity index (χ0n) is 10.4. The van der Waals surface area contributed by atoms with E-state index < -0.39 is 0 Å². The fourth-order valence-electron chi connectivity index (χ4n) is 2.49. The van der Waals surface area contributed by atoms with Crippen LogP contribution in [0.2, 0.25) is 0 Å². The first-order chi connectivity index (χ1) is 8.74. The Labute approximate surface area is 112 Å². The minimum atomic E-state index is -0.184. The number of nitrogens with zero attached hydrogens (tertiary/aromatic N) is 1. The number of halogens is 1. The quantitative estimate of drug-likeness (QED) is 0.743. The van der Waals surface area contributed by atoms with E-state index in [2.05, 4.69) is 23.2 Å². The first-order valence-electron chi connectivity index (χ1n) is 6.46. The Kier molecular flexibility index (Phi) is 3.13. The summed E-state index contributed by atoms with van der Waals surface area (Å²) in [5.74, 6) is 1.40. The average Bonchev–Trinajstić information content (AvgIpc) is 2.88.